The van der Waals surface area contributed by atoms with Gasteiger partial charge in [0, 0.05) is 50.6 Å². The molecule has 0 aromatic heterocycles. The van der Waals surface area contributed by atoms with Crippen LogP contribution in [0.25, 0.3) is 0 Å². The Morgan fingerprint density at radius 2 is 1.90 bits per heavy atom. The van der Waals surface area contributed by atoms with Crippen molar-refractivity contribution in [1.82, 2.24) is 31.5 Å². The summed E-state index contributed by atoms with van der Waals surface area (Å²) in [5, 5.41) is 15.9. The number of carbonyl (C=O) groups excluding carboxylic acids is 2. The second-order valence-electron chi connectivity index (χ2n) is 11.6. The molecule has 5 rings (SSSR count). The summed E-state index contributed by atoms with van der Waals surface area (Å²) in [4.78, 5) is 28.2. The molecule has 0 aromatic rings. The summed E-state index contributed by atoms with van der Waals surface area (Å²) < 4.78 is 45.9. The number of ether oxygens (including phenoxy) is 1. The van der Waals surface area contributed by atoms with Gasteiger partial charge in [-0.25, -0.2) is 13.2 Å². The number of nitrogens with zero attached hydrogens (tertiary/aromatic N) is 1. The Morgan fingerprint density at radius 3 is 2.62 bits per heavy atom. The van der Waals surface area contributed by atoms with Crippen molar-refractivity contribution < 1.29 is 27.5 Å². The van der Waals surface area contributed by atoms with Crippen LogP contribution < -0.4 is 26.6 Å². The SMILES string of the molecule is COC1CNC(Cl)CC1C1CC(C)NCC1C(=O)NC1NC2CN(C(=O)C3CCC(F)C(C(F)F)N3)CC2S1. The van der Waals surface area contributed by atoms with Crippen LogP contribution in [-0.4, -0.2) is 109 Å². The maximum atomic E-state index is 13.9. The number of piperidine rings is 3. The standard InChI is InChI=1S/C25H40ClF3N6O3S/c1-11-5-12(13-6-20(26)31-8-18(13)38-2)14(7-30-11)23(36)34-25-33-17-9-35(10-19(17)39-25)24(37)16-4-3-15(27)21(32-16)22(28)29/h11-22,25,30-33H,3-10H2,1-2H3,(H,34,36). The molecule has 5 aliphatic rings. The Kier molecular flexibility index (Phi) is 9.57. The summed E-state index contributed by atoms with van der Waals surface area (Å²) in [5.41, 5.74) is -0.420. The molecule has 0 spiro atoms. The Labute approximate surface area is 236 Å². The number of thioether (sulfide) groups is 1. The smallest absolute Gasteiger partial charge is 0.256 e. The molecule has 0 radical (unpaired) electrons. The minimum Gasteiger partial charge on any atom is -0.380 e. The van der Waals surface area contributed by atoms with Gasteiger partial charge in [-0.15, -0.1) is 23.4 Å². The van der Waals surface area contributed by atoms with E-state index in [0.29, 0.717) is 32.2 Å². The molecule has 12 atom stereocenters. The van der Waals surface area contributed by atoms with E-state index in [0.717, 1.165) is 12.8 Å². The molecule has 5 aliphatic heterocycles. The van der Waals surface area contributed by atoms with Crippen LogP contribution in [0.3, 0.4) is 0 Å². The summed E-state index contributed by atoms with van der Waals surface area (Å²) in [7, 11) is 1.71. The quantitative estimate of drug-likeness (QED) is 0.227. The van der Waals surface area contributed by atoms with Gasteiger partial charge >= 0.3 is 0 Å². The number of methoxy groups -OCH3 is 1. The van der Waals surface area contributed by atoms with Gasteiger partial charge in [0.15, 0.2) is 0 Å². The maximum Gasteiger partial charge on any atom is 0.256 e. The molecule has 5 N–H and O–H groups in total. The lowest BCUT2D eigenvalue weighted by molar-refractivity contribution is -0.134. The number of alkyl halides is 4. The lowest BCUT2D eigenvalue weighted by Gasteiger charge is -2.45. The van der Waals surface area contributed by atoms with E-state index in [4.69, 9.17) is 16.3 Å². The van der Waals surface area contributed by atoms with E-state index in [-0.39, 0.29) is 70.8 Å². The molecule has 14 heteroatoms. The lowest BCUT2D eigenvalue weighted by atomic mass is 9.70. The third-order valence-corrected chi connectivity index (χ3v) is 10.8. The fourth-order valence-corrected chi connectivity index (χ4v) is 8.72. The number of halogens is 4. The van der Waals surface area contributed by atoms with Crippen molar-refractivity contribution in [3.8, 4) is 0 Å². The highest BCUT2D eigenvalue weighted by molar-refractivity contribution is 8.00. The summed E-state index contributed by atoms with van der Waals surface area (Å²) in [6.45, 7) is 4.26. The van der Waals surface area contributed by atoms with Crippen molar-refractivity contribution in [3.05, 3.63) is 0 Å². The number of rotatable bonds is 6. The molecule has 12 unspecified atom stereocenters. The first-order valence-electron chi connectivity index (χ1n) is 14.0. The van der Waals surface area contributed by atoms with Crippen molar-refractivity contribution >= 4 is 35.2 Å². The molecule has 39 heavy (non-hydrogen) atoms. The minimum atomic E-state index is -2.86. The van der Waals surface area contributed by atoms with Gasteiger partial charge in [-0.3, -0.25) is 25.5 Å². The Morgan fingerprint density at radius 1 is 1.10 bits per heavy atom. The molecule has 0 saturated carbocycles. The van der Waals surface area contributed by atoms with E-state index < -0.39 is 24.7 Å². The predicted octanol–water partition coefficient (Wildman–Crippen LogP) is 0.829. The fraction of sp³-hybridized carbons (Fsp3) is 0.920. The number of likely N-dealkylation sites (tertiary alicyclic amines) is 1. The highest BCUT2D eigenvalue weighted by Crippen LogP contribution is 2.38. The zero-order valence-corrected chi connectivity index (χ0v) is 23.8. The van der Waals surface area contributed by atoms with Crippen molar-refractivity contribution in [1.29, 1.82) is 0 Å². The monoisotopic (exact) mass is 596 g/mol. The third-order valence-electron chi connectivity index (χ3n) is 9.13. The molecule has 0 aliphatic carbocycles. The molecule has 5 heterocycles. The van der Waals surface area contributed by atoms with Crippen LogP contribution in [0, 0.1) is 17.8 Å². The third kappa shape index (κ3) is 6.49. The van der Waals surface area contributed by atoms with Crippen LogP contribution >= 0.6 is 23.4 Å². The summed E-state index contributed by atoms with van der Waals surface area (Å²) >= 11 is 8.02. The van der Waals surface area contributed by atoms with Crippen LogP contribution in [0.1, 0.15) is 32.6 Å². The molecule has 9 nitrogen and oxygen atoms in total. The van der Waals surface area contributed by atoms with Crippen LogP contribution in [-0.2, 0) is 14.3 Å². The minimum absolute atomic E-state index is 0.00197. The fourth-order valence-electron chi connectivity index (χ4n) is 7.02. The van der Waals surface area contributed by atoms with Gasteiger partial charge in [-0.05, 0) is 44.4 Å². The molecular formula is C25H40ClF3N6O3S. The normalized spacial score (nSPS) is 44.8. The molecule has 5 fully saturated rings. The van der Waals surface area contributed by atoms with Crippen LogP contribution in [0.5, 0.6) is 0 Å². The van der Waals surface area contributed by atoms with E-state index in [1.54, 1.807) is 23.8 Å². The zero-order valence-electron chi connectivity index (χ0n) is 22.3. The van der Waals surface area contributed by atoms with Crippen molar-refractivity contribution in [2.45, 2.75) is 91.7 Å². The molecule has 2 amide bonds. The highest BCUT2D eigenvalue weighted by Gasteiger charge is 2.48. The van der Waals surface area contributed by atoms with Gasteiger partial charge in [0.25, 0.3) is 6.43 Å². The Hall–Kier alpha value is -0.830. The van der Waals surface area contributed by atoms with Gasteiger partial charge in [0.1, 0.15) is 17.7 Å². The Bertz CT molecular complexity index is 884. The number of carbonyl (C=O) groups is 2. The largest absolute Gasteiger partial charge is 0.380 e. The van der Waals surface area contributed by atoms with E-state index >= 15 is 0 Å². The topological polar surface area (TPSA) is 107 Å². The second-order valence-corrected chi connectivity index (χ2v) is 13.5. The number of nitrogens with one attached hydrogen (secondary N) is 5. The predicted molar refractivity (Wildman–Crippen MR) is 143 cm³/mol. The summed E-state index contributed by atoms with van der Waals surface area (Å²) in [6.07, 6.45) is -2.75. The van der Waals surface area contributed by atoms with Gasteiger partial charge in [-0.1, -0.05) is 0 Å². The van der Waals surface area contributed by atoms with Crippen LogP contribution in [0.15, 0.2) is 0 Å². The van der Waals surface area contributed by atoms with E-state index in [1.165, 1.54) is 0 Å². The van der Waals surface area contributed by atoms with Gasteiger partial charge in [0.05, 0.1) is 23.6 Å². The molecule has 0 bridgehead atoms. The molecule has 5 saturated heterocycles. The molecular weight excluding hydrogens is 557 g/mol. The first kappa shape index (κ1) is 29.7. The van der Waals surface area contributed by atoms with E-state index in [2.05, 4.69) is 33.5 Å². The second kappa shape index (κ2) is 12.6. The van der Waals surface area contributed by atoms with Gasteiger partial charge in [-0.2, -0.15) is 0 Å². The average molecular weight is 597 g/mol. The van der Waals surface area contributed by atoms with Crippen LogP contribution in [0.2, 0.25) is 0 Å². The number of hydrogen-bond donors (Lipinski definition) is 5. The van der Waals surface area contributed by atoms with E-state index in [1.807, 2.05) is 0 Å². The van der Waals surface area contributed by atoms with Gasteiger partial charge < -0.3 is 20.3 Å². The van der Waals surface area contributed by atoms with Crippen molar-refractivity contribution in [2.24, 2.45) is 17.8 Å². The van der Waals surface area contributed by atoms with E-state index in [9.17, 15) is 22.8 Å². The zero-order chi connectivity index (χ0) is 27.8. The maximum absolute atomic E-state index is 13.9. The first-order chi connectivity index (χ1) is 18.6. The number of hydrogen-bond acceptors (Lipinski definition) is 8. The first-order valence-corrected chi connectivity index (χ1v) is 15.3. The molecule has 222 valence electrons. The summed E-state index contributed by atoms with van der Waals surface area (Å²) in [5.74, 6) is -0.179. The number of fused-ring (bicyclic) bond motifs is 1. The molecule has 0 aromatic carbocycles. The average Bonchev–Trinajstić information content (AvgIpc) is 3.47. The number of amides is 2. The Balaban J connectivity index is 1.15. The van der Waals surface area contributed by atoms with Crippen molar-refractivity contribution in [3.63, 3.8) is 0 Å². The summed E-state index contributed by atoms with van der Waals surface area (Å²) in [6, 6.07) is -2.13. The highest BCUT2D eigenvalue weighted by atomic mass is 35.5. The van der Waals surface area contributed by atoms with Crippen LogP contribution in [0.4, 0.5) is 13.2 Å². The lowest BCUT2D eigenvalue weighted by Crippen LogP contribution is -2.58. The van der Waals surface area contributed by atoms with Gasteiger partial charge in [0.2, 0.25) is 11.8 Å². The van der Waals surface area contributed by atoms with Crippen molar-refractivity contribution in [2.75, 3.05) is 33.3 Å².